The van der Waals surface area contributed by atoms with E-state index in [-0.39, 0.29) is 11.4 Å². The molecule has 1 fully saturated rings. The van der Waals surface area contributed by atoms with Gasteiger partial charge in [-0.1, -0.05) is 19.3 Å². The molecule has 1 aromatic heterocycles. The molecular weight excluding hydrogens is 252 g/mol. The summed E-state index contributed by atoms with van der Waals surface area (Å²) >= 11 is 0. The molecule has 20 heavy (non-hydrogen) atoms. The molecule has 1 aliphatic carbocycles. The van der Waals surface area contributed by atoms with Crippen molar-refractivity contribution in [3.63, 3.8) is 0 Å². The topological polar surface area (TPSA) is 66.9 Å². The van der Waals surface area contributed by atoms with Crippen molar-refractivity contribution in [2.45, 2.75) is 64.5 Å². The minimum absolute atomic E-state index is 0.137. The van der Waals surface area contributed by atoms with E-state index in [4.69, 9.17) is 0 Å². The Bertz CT molecular complexity index is 444. The highest BCUT2D eigenvalue weighted by atomic mass is 16.1. The average Bonchev–Trinajstić information content (AvgIpc) is 2.39. The van der Waals surface area contributed by atoms with Gasteiger partial charge < -0.3 is 10.6 Å². The number of hydrogen-bond donors (Lipinski definition) is 2. The van der Waals surface area contributed by atoms with Crippen LogP contribution < -0.4 is 10.6 Å². The summed E-state index contributed by atoms with van der Waals surface area (Å²) in [5.41, 5.74) is 0.241. The SMILES string of the molecule is CC(C)(C)NC(=O)c1cnc(NC2CCCCC2)nc1. The third-order valence-corrected chi connectivity index (χ3v) is 3.34. The average molecular weight is 276 g/mol. The number of hydrogen-bond acceptors (Lipinski definition) is 4. The van der Waals surface area contributed by atoms with E-state index in [0.29, 0.717) is 17.6 Å². The first-order valence-corrected chi connectivity index (χ1v) is 7.35. The van der Waals surface area contributed by atoms with Crippen LogP contribution in [0.4, 0.5) is 5.95 Å². The fraction of sp³-hybridized carbons (Fsp3) is 0.667. The first-order valence-electron chi connectivity index (χ1n) is 7.35. The molecule has 5 nitrogen and oxygen atoms in total. The highest BCUT2D eigenvalue weighted by Gasteiger charge is 2.17. The molecule has 0 atom stereocenters. The Balaban J connectivity index is 1.93. The van der Waals surface area contributed by atoms with Gasteiger partial charge in [-0.2, -0.15) is 0 Å². The van der Waals surface area contributed by atoms with Gasteiger partial charge in [0.15, 0.2) is 0 Å². The largest absolute Gasteiger partial charge is 0.351 e. The Kier molecular flexibility index (Phi) is 4.57. The van der Waals surface area contributed by atoms with Crippen molar-refractivity contribution >= 4 is 11.9 Å². The smallest absolute Gasteiger partial charge is 0.254 e. The molecular formula is C15H24N4O. The van der Waals surface area contributed by atoms with Crippen LogP contribution in [-0.2, 0) is 0 Å². The molecule has 0 saturated heterocycles. The number of rotatable bonds is 3. The van der Waals surface area contributed by atoms with Crippen LogP contribution in [0.1, 0.15) is 63.2 Å². The zero-order valence-electron chi connectivity index (χ0n) is 12.6. The summed E-state index contributed by atoms with van der Waals surface area (Å²) in [7, 11) is 0. The third kappa shape index (κ3) is 4.47. The zero-order valence-corrected chi connectivity index (χ0v) is 12.6. The second-order valence-corrected chi connectivity index (χ2v) is 6.48. The van der Waals surface area contributed by atoms with Crippen molar-refractivity contribution in [2.24, 2.45) is 0 Å². The molecule has 0 aromatic carbocycles. The van der Waals surface area contributed by atoms with E-state index in [1.807, 2.05) is 20.8 Å². The maximum absolute atomic E-state index is 12.0. The molecule has 0 radical (unpaired) electrons. The van der Waals surface area contributed by atoms with Gasteiger partial charge in [0.2, 0.25) is 5.95 Å². The van der Waals surface area contributed by atoms with Gasteiger partial charge in [0.25, 0.3) is 5.91 Å². The van der Waals surface area contributed by atoms with E-state index in [1.165, 1.54) is 32.1 Å². The predicted octanol–water partition coefficient (Wildman–Crippen LogP) is 2.75. The molecule has 1 saturated carbocycles. The van der Waals surface area contributed by atoms with Crippen molar-refractivity contribution in [2.75, 3.05) is 5.32 Å². The molecule has 1 amide bonds. The summed E-state index contributed by atoms with van der Waals surface area (Å²) in [4.78, 5) is 20.4. The molecule has 110 valence electrons. The maximum Gasteiger partial charge on any atom is 0.254 e. The molecule has 5 heteroatoms. The third-order valence-electron chi connectivity index (χ3n) is 3.34. The summed E-state index contributed by atoms with van der Waals surface area (Å²) in [5, 5.41) is 6.24. The van der Waals surface area contributed by atoms with Gasteiger partial charge in [-0.05, 0) is 33.6 Å². The van der Waals surface area contributed by atoms with Gasteiger partial charge in [0.1, 0.15) is 0 Å². The van der Waals surface area contributed by atoms with Crippen LogP contribution >= 0.6 is 0 Å². The summed E-state index contributed by atoms with van der Waals surface area (Å²) in [6.07, 6.45) is 9.38. The summed E-state index contributed by atoms with van der Waals surface area (Å²) in [6.45, 7) is 5.85. The Morgan fingerprint density at radius 1 is 1.15 bits per heavy atom. The van der Waals surface area contributed by atoms with Gasteiger partial charge in [0.05, 0.1) is 5.56 Å². The summed E-state index contributed by atoms with van der Waals surface area (Å²) in [5.74, 6) is 0.478. The lowest BCUT2D eigenvalue weighted by Gasteiger charge is -2.23. The number of aromatic nitrogens is 2. The quantitative estimate of drug-likeness (QED) is 0.891. The van der Waals surface area contributed by atoms with Crippen LogP contribution in [0.2, 0.25) is 0 Å². The van der Waals surface area contributed by atoms with Crippen LogP contribution in [0.5, 0.6) is 0 Å². The molecule has 1 heterocycles. The maximum atomic E-state index is 12.0. The van der Waals surface area contributed by atoms with Crippen molar-refractivity contribution < 1.29 is 4.79 Å². The van der Waals surface area contributed by atoms with Crippen LogP contribution in [0, 0.1) is 0 Å². The number of carbonyl (C=O) groups is 1. The highest BCUT2D eigenvalue weighted by Crippen LogP contribution is 2.20. The first-order chi connectivity index (χ1) is 9.44. The number of nitrogens with one attached hydrogen (secondary N) is 2. The van der Waals surface area contributed by atoms with Gasteiger partial charge in [-0.25, -0.2) is 9.97 Å². The van der Waals surface area contributed by atoms with Crippen LogP contribution in [0.15, 0.2) is 12.4 Å². The molecule has 0 bridgehead atoms. The van der Waals surface area contributed by atoms with Gasteiger partial charge in [-0.15, -0.1) is 0 Å². The molecule has 2 N–H and O–H groups in total. The second kappa shape index (κ2) is 6.20. The van der Waals surface area contributed by atoms with E-state index in [0.717, 1.165) is 0 Å². The number of anilines is 1. The van der Waals surface area contributed by atoms with Crippen molar-refractivity contribution in [1.29, 1.82) is 0 Å². The lowest BCUT2D eigenvalue weighted by Crippen LogP contribution is -2.40. The Morgan fingerprint density at radius 2 is 1.75 bits per heavy atom. The van der Waals surface area contributed by atoms with Gasteiger partial charge >= 0.3 is 0 Å². The monoisotopic (exact) mass is 276 g/mol. The van der Waals surface area contributed by atoms with Crippen LogP contribution in [0.3, 0.4) is 0 Å². The Morgan fingerprint density at radius 3 is 2.30 bits per heavy atom. The number of nitrogens with zero attached hydrogens (tertiary/aromatic N) is 2. The standard InChI is InChI=1S/C15H24N4O/c1-15(2,3)19-13(20)11-9-16-14(17-10-11)18-12-7-5-4-6-8-12/h9-10,12H,4-8H2,1-3H3,(H,19,20)(H,16,17,18). The lowest BCUT2D eigenvalue weighted by molar-refractivity contribution is 0.0919. The minimum Gasteiger partial charge on any atom is -0.351 e. The van der Waals surface area contributed by atoms with Crippen LogP contribution in [-0.4, -0.2) is 27.5 Å². The second-order valence-electron chi connectivity index (χ2n) is 6.48. The predicted molar refractivity (Wildman–Crippen MR) is 79.7 cm³/mol. The molecule has 0 spiro atoms. The molecule has 0 unspecified atom stereocenters. The summed E-state index contributed by atoms with van der Waals surface area (Å²) < 4.78 is 0. The fourth-order valence-electron chi connectivity index (χ4n) is 2.36. The van der Waals surface area contributed by atoms with E-state index in [9.17, 15) is 4.79 Å². The van der Waals surface area contributed by atoms with E-state index in [1.54, 1.807) is 12.4 Å². The zero-order chi connectivity index (χ0) is 14.6. The minimum atomic E-state index is -0.254. The Labute approximate surface area is 120 Å². The van der Waals surface area contributed by atoms with E-state index in [2.05, 4.69) is 20.6 Å². The van der Waals surface area contributed by atoms with Crippen molar-refractivity contribution in [3.05, 3.63) is 18.0 Å². The molecule has 0 aliphatic heterocycles. The number of carbonyl (C=O) groups excluding carboxylic acids is 1. The lowest BCUT2D eigenvalue weighted by atomic mass is 9.96. The first kappa shape index (κ1) is 14.8. The highest BCUT2D eigenvalue weighted by molar-refractivity contribution is 5.94. The van der Waals surface area contributed by atoms with Gasteiger partial charge in [-0.3, -0.25) is 4.79 Å². The molecule has 1 aliphatic rings. The van der Waals surface area contributed by atoms with E-state index < -0.39 is 0 Å². The van der Waals surface area contributed by atoms with Crippen molar-refractivity contribution in [1.82, 2.24) is 15.3 Å². The summed E-state index contributed by atoms with van der Waals surface area (Å²) in [6, 6.07) is 0.470. The van der Waals surface area contributed by atoms with E-state index >= 15 is 0 Å². The normalized spacial score (nSPS) is 16.8. The molecule has 2 rings (SSSR count). The Hall–Kier alpha value is -1.65. The number of amides is 1. The molecule has 1 aromatic rings. The van der Waals surface area contributed by atoms with Crippen LogP contribution in [0.25, 0.3) is 0 Å². The van der Waals surface area contributed by atoms with Gasteiger partial charge in [0, 0.05) is 24.0 Å². The van der Waals surface area contributed by atoms with Crippen molar-refractivity contribution in [3.8, 4) is 0 Å². The fourth-order valence-corrected chi connectivity index (χ4v) is 2.36.